The van der Waals surface area contributed by atoms with Crippen molar-refractivity contribution in [3.63, 3.8) is 0 Å². The standard InChI is InChI=1S/C18H20N2O4S/c1-12(2)13-7-9-14(10-8-13)20-16(11-18(21)19-22)15-5-3-4-6-17(15)25(20,23)24/h3-10,12,16,22H,11H2,1-2H3,(H,19,21). The fourth-order valence-electron chi connectivity index (χ4n) is 3.13. The van der Waals surface area contributed by atoms with Gasteiger partial charge in [-0.2, -0.15) is 0 Å². The van der Waals surface area contributed by atoms with Crippen LogP contribution in [0.2, 0.25) is 0 Å². The zero-order valence-electron chi connectivity index (χ0n) is 14.0. The summed E-state index contributed by atoms with van der Waals surface area (Å²) in [4.78, 5) is 11.9. The van der Waals surface area contributed by atoms with Gasteiger partial charge in [0.25, 0.3) is 10.0 Å². The summed E-state index contributed by atoms with van der Waals surface area (Å²) in [7, 11) is -3.76. The Hall–Kier alpha value is -2.38. The Labute approximate surface area is 147 Å². The van der Waals surface area contributed by atoms with E-state index in [4.69, 9.17) is 5.21 Å². The minimum atomic E-state index is -3.76. The van der Waals surface area contributed by atoms with Crippen LogP contribution in [-0.2, 0) is 14.8 Å². The molecule has 2 aromatic carbocycles. The van der Waals surface area contributed by atoms with Gasteiger partial charge >= 0.3 is 0 Å². The van der Waals surface area contributed by atoms with Gasteiger partial charge in [-0.05, 0) is 35.2 Å². The van der Waals surface area contributed by atoms with Crippen LogP contribution in [0.25, 0.3) is 0 Å². The maximum Gasteiger partial charge on any atom is 0.265 e. The number of benzene rings is 2. The van der Waals surface area contributed by atoms with Crippen molar-refractivity contribution < 1.29 is 18.4 Å². The molecular formula is C18H20N2O4S. The highest BCUT2D eigenvalue weighted by molar-refractivity contribution is 7.93. The van der Waals surface area contributed by atoms with Gasteiger partial charge in [-0.1, -0.05) is 44.2 Å². The number of nitrogens with one attached hydrogen (secondary N) is 1. The van der Waals surface area contributed by atoms with Gasteiger partial charge in [-0.3, -0.25) is 14.3 Å². The van der Waals surface area contributed by atoms with E-state index in [9.17, 15) is 13.2 Å². The average molecular weight is 360 g/mol. The molecule has 0 saturated carbocycles. The highest BCUT2D eigenvalue weighted by Crippen LogP contribution is 2.44. The zero-order valence-corrected chi connectivity index (χ0v) is 14.8. The van der Waals surface area contributed by atoms with Crippen LogP contribution in [-0.4, -0.2) is 19.5 Å². The Kier molecular flexibility index (Phi) is 4.53. The third kappa shape index (κ3) is 3.01. The number of fused-ring (bicyclic) bond motifs is 1. The van der Waals surface area contributed by atoms with Crippen molar-refractivity contribution in [3.8, 4) is 0 Å². The van der Waals surface area contributed by atoms with Gasteiger partial charge in [-0.25, -0.2) is 13.9 Å². The molecule has 0 aliphatic carbocycles. The molecule has 0 bridgehead atoms. The molecule has 1 heterocycles. The van der Waals surface area contributed by atoms with Gasteiger partial charge in [0.1, 0.15) is 0 Å². The van der Waals surface area contributed by atoms with Crippen LogP contribution in [0.4, 0.5) is 5.69 Å². The summed E-state index contributed by atoms with van der Waals surface area (Å²) in [6, 6.07) is 13.2. The Balaban J connectivity index is 2.10. The van der Waals surface area contributed by atoms with E-state index in [2.05, 4.69) is 13.8 Å². The molecule has 7 heteroatoms. The van der Waals surface area contributed by atoms with E-state index in [0.29, 0.717) is 17.2 Å². The van der Waals surface area contributed by atoms with Crippen LogP contribution >= 0.6 is 0 Å². The van der Waals surface area contributed by atoms with Crippen molar-refractivity contribution in [1.82, 2.24) is 5.48 Å². The predicted octanol–water partition coefficient (Wildman–Crippen LogP) is 2.96. The first-order valence-corrected chi connectivity index (χ1v) is 9.46. The molecule has 2 aromatic rings. The van der Waals surface area contributed by atoms with Crippen molar-refractivity contribution in [3.05, 3.63) is 59.7 Å². The summed E-state index contributed by atoms with van der Waals surface area (Å²) in [5.74, 6) is -0.307. The van der Waals surface area contributed by atoms with Crippen LogP contribution < -0.4 is 9.79 Å². The number of rotatable bonds is 4. The van der Waals surface area contributed by atoms with Crippen molar-refractivity contribution in [1.29, 1.82) is 0 Å². The second-order valence-corrected chi connectivity index (χ2v) is 8.12. The first kappa shape index (κ1) is 17.4. The first-order valence-electron chi connectivity index (χ1n) is 8.02. The normalized spacial score (nSPS) is 18.2. The Morgan fingerprint density at radius 2 is 1.80 bits per heavy atom. The topological polar surface area (TPSA) is 86.7 Å². The molecule has 1 unspecified atom stereocenters. The lowest BCUT2D eigenvalue weighted by molar-refractivity contribution is -0.129. The monoisotopic (exact) mass is 360 g/mol. The number of hydroxylamine groups is 1. The molecule has 0 saturated heterocycles. The lowest BCUT2D eigenvalue weighted by Gasteiger charge is -2.25. The highest BCUT2D eigenvalue weighted by Gasteiger charge is 2.43. The maximum absolute atomic E-state index is 13.0. The van der Waals surface area contributed by atoms with Gasteiger partial charge in [0.2, 0.25) is 5.91 Å². The Bertz CT molecular complexity index is 892. The molecule has 1 aliphatic rings. The second kappa shape index (κ2) is 6.50. The summed E-state index contributed by atoms with van der Waals surface area (Å²) < 4.78 is 27.3. The molecule has 0 spiro atoms. The molecule has 1 aliphatic heterocycles. The van der Waals surface area contributed by atoms with Gasteiger partial charge in [-0.15, -0.1) is 0 Å². The van der Waals surface area contributed by atoms with Crippen molar-refractivity contribution >= 4 is 21.6 Å². The van der Waals surface area contributed by atoms with E-state index in [1.807, 2.05) is 12.1 Å². The van der Waals surface area contributed by atoms with Crippen LogP contribution in [0.1, 0.15) is 43.4 Å². The fraction of sp³-hybridized carbons (Fsp3) is 0.278. The third-order valence-corrected chi connectivity index (χ3v) is 6.33. The van der Waals surface area contributed by atoms with Gasteiger partial charge < -0.3 is 0 Å². The van der Waals surface area contributed by atoms with Gasteiger partial charge in [0.05, 0.1) is 23.0 Å². The smallest absolute Gasteiger partial charge is 0.265 e. The van der Waals surface area contributed by atoms with E-state index in [1.165, 1.54) is 10.4 Å². The molecule has 3 rings (SSSR count). The van der Waals surface area contributed by atoms with E-state index >= 15 is 0 Å². The molecular weight excluding hydrogens is 340 g/mol. The molecule has 132 valence electrons. The summed E-state index contributed by atoms with van der Waals surface area (Å²) >= 11 is 0. The Morgan fingerprint density at radius 3 is 2.40 bits per heavy atom. The highest BCUT2D eigenvalue weighted by atomic mass is 32.2. The number of sulfonamides is 1. The minimum Gasteiger partial charge on any atom is -0.289 e. The van der Waals surface area contributed by atoms with E-state index in [0.717, 1.165) is 5.56 Å². The lowest BCUT2D eigenvalue weighted by Crippen LogP contribution is -2.32. The Morgan fingerprint density at radius 1 is 1.16 bits per heavy atom. The molecule has 6 nitrogen and oxygen atoms in total. The zero-order chi connectivity index (χ0) is 18.2. The first-order chi connectivity index (χ1) is 11.9. The molecule has 1 amide bonds. The number of nitrogens with zero attached hydrogens (tertiary/aromatic N) is 1. The summed E-state index contributed by atoms with van der Waals surface area (Å²) in [6.07, 6.45) is -0.168. The number of hydrogen-bond acceptors (Lipinski definition) is 4. The number of anilines is 1. The van der Waals surface area contributed by atoms with Crippen LogP contribution in [0, 0.1) is 0 Å². The van der Waals surface area contributed by atoms with Gasteiger partial charge in [0, 0.05) is 0 Å². The molecule has 0 fully saturated rings. The van der Waals surface area contributed by atoms with Crippen LogP contribution in [0.15, 0.2) is 53.4 Å². The number of carbonyl (C=O) groups is 1. The summed E-state index contributed by atoms with van der Waals surface area (Å²) in [5.41, 5.74) is 3.74. The van der Waals surface area contributed by atoms with Crippen molar-refractivity contribution in [2.75, 3.05) is 4.31 Å². The number of amides is 1. The van der Waals surface area contributed by atoms with Crippen molar-refractivity contribution in [2.45, 2.75) is 37.1 Å². The maximum atomic E-state index is 13.0. The number of hydrogen-bond donors (Lipinski definition) is 2. The average Bonchev–Trinajstić information content (AvgIpc) is 2.82. The van der Waals surface area contributed by atoms with Crippen LogP contribution in [0.3, 0.4) is 0 Å². The number of carbonyl (C=O) groups excluding carboxylic acids is 1. The second-order valence-electron chi connectivity index (χ2n) is 6.34. The lowest BCUT2D eigenvalue weighted by atomic mass is 10.0. The van der Waals surface area contributed by atoms with E-state index in [1.54, 1.807) is 35.8 Å². The predicted molar refractivity (Wildman–Crippen MR) is 93.9 cm³/mol. The fourth-order valence-corrected chi connectivity index (χ4v) is 5.02. The molecule has 25 heavy (non-hydrogen) atoms. The largest absolute Gasteiger partial charge is 0.289 e. The molecule has 0 radical (unpaired) electrons. The quantitative estimate of drug-likeness (QED) is 0.648. The minimum absolute atomic E-state index is 0.168. The van der Waals surface area contributed by atoms with Gasteiger partial charge in [0.15, 0.2) is 0 Å². The van der Waals surface area contributed by atoms with E-state index in [-0.39, 0.29) is 11.3 Å². The third-order valence-electron chi connectivity index (χ3n) is 4.42. The van der Waals surface area contributed by atoms with Crippen LogP contribution in [0.5, 0.6) is 0 Å². The molecule has 0 aromatic heterocycles. The summed E-state index contributed by atoms with van der Waals surface area (Å²) in [6.45, 7) is 4.12. The summed E-state index contributed by atoms with van der Waals surface area (Å²) in [5, 5.41) is 8.86. The molecule has 2 N–H and O–H groups in total. The molecule has 1 atom stereocenters. The van der Waals surface area contributed by atoms with Crippen molar-refractivity contribution in [2.24, 2.45) is 0 Å². The SMILES string of the molecule is CC(C)c1ccc(N2C(CC(=O)NO)c3ccccc3S2(=O)=O)cc1. The van der Waals surface area contributed by atoms with E-state index < -0.39 is 22.0 Å².